The number of halogens is 1. The average Bonchev–Trinajstić information content (AvgIpc) is 2.45. The number of sulfonamides is 1. The van der Waals surface area contributed by atoms with E-state index >= 15 is 0 Å². The number of rotatable bonds is 6. The van der Waals surface area contributed by atoms with Gasteiger partial charge in [-0.3, -0.25) is 0 Å². The Hall–Kier alpha value is -0.700. The molecule has 1 N–H and O–H groups in total. The zero-order valence-electron chi connectivity index (χ0n) is 12.9. The number of nitrogens with one attached hydrogen (secondary N) is 1. The second-order valence-electron chi connectivity index (χ2n) is 5.24. The molecule has 1 aliphatic heterocycles. The summed E-state index contributed by atoms with van der Waals surface area (Å²) in [6.45, 7) is 6.38. The van der Waals surface area contributed by atoms with Crippen LogP contribution in [0.15, 0.2) is 16.7 Å². The highest BCUT2D eigenvalue weighted by atomic mass is 79.9. The first-order chi connectivity index (χ1) is 10.4. The molecule has 0 aliphatic carbocycles. The van der Waals surface area contributed by atoms with Gasteiger partial charge >= 0.3 is 0 Å². The van der Waals surface area contributed by atoms with Crippen LogP contribution in [0.2, 0.25) is 0 Å². The molecule has 1 saturated heterocycles. The Labute approximate surface area is 140 Å². The van der Waals surface area contributed by atoms with Gasteiger partial charge in [-0.1, -0.05) is 13.8 Å². The highest BCUT2D eigenvalue weighted by molar-refractivity contribution is 9.10. The molecule has 0 spiro atoms. The number of aromatic nitrogens is 1. The number of ether oxygens (including phenoxy) is 1. The van der Waals surface area contributed by atoms with Crippen molar-refractivity contribution in [1.82, 2.24) is 9.71 Å². The summed E-state index contributed by atoms with van der Waals surface area (Å²) in [5, 5.41) is 0. The molecule has 1 aromatic heterocycles. The Morgan fingerprint density at radius 2 is 2.23 bits per heavy atom. The molecule has 1 aliphatic rings. The molecular weight excluding hydrogens is 370 g/mol. The fourth-order valence-electron chi connectivity index (χ4n) is 2.55. The van der Waals surface area contributed by atoms with Gasteiger partial charge in [-0.15, -0.1) is 0 Å². The molecule has 1 atom stereocenters. The number of nitrogens with zero attached hydrogens (tertiary/aromatic N) is 2. The highest BCUT2D eigenvalue weighted by Crippen LogP contribution is 2.24. The lowest BCUT2D eigenvalue weighted by Gasteiger charge is -2.36. The van der Waals surface area contributed by atoms with Crippen LogP contribution in [-0.4, -0.2) is 45.7 Å². The largest absolute Gasteiger partial charge is 0.377 e. The van der Waals surface area contributed by atoms with Gasteiger partial charge in [0.15, 0.2) is 0 Å². The molecule has 0 saturated carbocycles. The van der Waals surface area contributed by atoms with E-state index in [-0.39, 0.29) is 11.8 Å². The number of hydrogen-bond donors (Lipinski definition) is 1. The summed E-state index contributed by atoms with van der Waals surface area (Å²) < 4.78 is 32.5. The predicted octanol–water partition coefficient (Wildman–Crippen LogP) is 1.90. The van der Waals surface area contributed by atoms with Crippen LogP contribution >= 0.6 is 15.9 Å². The Bertz CT molecular complexity index is 609. The molecule has 2 heterocycles. The maximum Gasteiger partial charge on any atom is 0.215 e. The average molecular weight is 392 g/mol. The SMILES string of the molecule is CCNS(=O)(=O)Cc1cc(Br)nc(N2CCOC[C@@H]2CC)c1. The summed E-state index contributed by atoms with van der Waals surface area (Å²) in [5.74, 6) is 0.752. The van der Waals surface area contributed by atoms with Gasteiger partial charge in [0.25, 0.3) is 0 Å². The van der Waals surface area contributed by atoms with Gasteiger partial charge < -0.3 is 9.64 Å². The van der Waals surface area contributed by atoms with E-state index in [4.69, 9.17) is 4.74 Å². The van der Waals surface area contributed by atoms with E-state index in [1.807, 2.05) is 6.07 Å². The van der Waals surface area contributed by atoms with E-state index in [1.165, 1.54) is 0 Å². The lowest BCUT2D eigenvalue weighted by atomic mass is 10.1. The van der Waals surface area contributed by atoms with Crippen LogP contribution in [0.25, 0.3) is 0 Å². The van der Waals surface area contributed by atoms with Crippen molar-refractivity contribution in [3.63, 3.8) is 0 Å². The van der Waals surface area contributed by atoms with Crippen molar-refractivity contribution in [2.45, 2.75) is 32.1 Å². The van der Waals surface area contributed by atoms with E-state index in [9.17, 15) is 8.42 Å². The summed E-state index contributed by atoms with van der Waals surface area (Å²) in [7, 11) is -3.31. The standard InChI is InChI=1S/C14H22BrN3O3S/c1-3-12-9-21-6-5-18(12)14-8-11(7-13(15)17-14)10-22(19,20)16-4-2/h7-8,12,16H,3-6,9-10H2,1-2H3/t12-/m0/s1. The first-order valence-electron chi connectivity index (χ1n) is 7.43. The second-order valence-corrected chi connectivity index (χ2v) is 7.86. The summed E-state index contributed by atoms with van der Waals surface area (Å²) in [4.78, 5) is 6.70. The lowest BCUT2D eigenvalue weighted by Crippen LogP contribution is -2.45. The van der Waals surface area contributed by atoms with Crippen molar-refractivity contribution >= 4 is 31.8 Å². The minimum absolute atomic E-state index is 0.0455. The maximum absolute atomic E-state index is 11.9. The molecule has 1 fully saturated rings. The number of pyridine rings is 1. The summed E-state index contributed by atoms with van der Waals surface area (Å²) in [6.07, 6.45) is 0.958. The zero-order valence-corrected chi connectivity index (χ0v) is 15.3. The molecule has 0 amide bonds. The Morgan fingerprint density at radius 3 is 2.91 bits per heavy atom. The summed E-state index contributed by atoms with van der Waals surface area (Å²) >= 11 is 3.38. The van der Waals surface area contributed by atoms with Gasteiger partial charge in [0.1, 0.15) is 10.4 Å². The van der Waals surface area contributed by atoms with Crippen LogP contribution in [0.5, 0.6) is 0 Å². The quantitative estimate of drug-likeness (QED) is 0.749. The van der Waals surface area contributed by atoms with Crippen LogP contribution in [0.1, 0.15) is 25.8 Å². The van der Waals surface area contributed by atoms with Gasteiger partial charge in [0.2, 0.25) is 10.0 Å². The number of morpholine rings is 1. The fourth-order valence-corrected chi connectivity index (χ4v) is 4.17. The lowest BCUT2D eigenvalue weighted by molar-refractivity contribution is 0.0925. The topological polar surface area (TPSA) is 71.5 Å². The highest BCUT2D eigenvalue weighted by Gasteiger charge is 2.23. The molecule has 22 heavy (non-hydrogen) atoms. The molecule has 124 valence electrons. The Kier molecular flexibility index (Phi) is 6.19. The third-order valence-corrected chi connectivity index (χ3v) is 5.40. The van der Waals surface area contributed by atoms with Crippen molar-refractivity contribution in [3.8, 4) is 0 Å². The van der Waals surface area contributed by atoms with Crippen LogP contribution < -0.4 is 9.62 Å². The van der Waals surface area contributed by atoms with Gasteiger partial charge in [-0.05, 0) is 40.0 Å². The molecule has 8 heteroatoms. The van der Waals surface area contributed by atoms with Crippen LogP contribution in [-0.2, 0) is 20.5 Å². The monoisotopic (exact) mass is 391 g/mol. The molecule has 1 aromatic rings. The van der Waals surface area contributed by atoms with Crippen LogP contribution in [0.3, 0.4) is 0 Å². The molecular formula is C14H22BrN3O3S. The third kappa shape index (κ3) is 4.65. The van der Waals surface area contributed by atoms with Crippen molar-refractivity contribution in [1.29, 1.82) is 0 Å². The fraction of sp³-hybridized carbons (Fsp3) is 0.643. The minimum Gasteiger partial charge on any atom is -0.377 e. The predicted molar refractivity (Wildman–Crippen MR) is 90.5 cm³/mol. The van der Waals surface area contributed by atoms with Crippen molar-refractivity contribution < 1.29 is 13.2 Å². The van der Waals surface area contributed by atoms with E-state index < -0.39 is 10.0 Å². The third-order valence-electron chi connectivity index (χ3n) is 3.55. The van der Waals surface area contributed by atoms with E-state index in [2.05, 4.69) is 37.5 Å². The zero-order chi connectivity index (χ0) is 16.2. The molecule has 0 bridgehead atoms. The Balaban J connectivity index is 2.26. The van der Waals surface area contributed by atoms with Gasteiger partial charge in [-0.2, -0.15) is 0 Å². The van der Waals surface area contributed by atoms with E-state index in [1.54, 1.807) is 13.0 Å². The minimum atomic E-state index is -3.31. The molecule has 0 radical (unpaired) electrons. The van der Waals surface area contributed by atoms with E-state index in [0.29, 0.717) is 24.4 Å². The van der Waals surface area contributed by atoms with Crippen molar-refractivity contribution in [3.05, 3.63) is 22.3 Å². The van der Waals surface area contributed by atoms with Gasteiger partial charge in [-0.25, -0.2) is 18.1 Å². The second kappa shape index (κ2) is 7.72. The Morgan fingerprint density at radius 1 is 1.45 bits per heavy atom. The molecule has 2 rings (SSSR count). The van der Waals surface area contributed by atoms with Crippen LogP contribution in [0.4, 0.5) is 5.82 Å². The van der Waals surface area contributed by atoms with Crippen molar-refractivity contribution in [2.24, 2.45) is 0 Å². The van der Waals surface area contributed by atoms with Gasteiger partial charge in [0.05, 0.1) is 25.0 Å². The number of anilines is 1. The maximum atomic E-state index is 11.9. The first kappa shape index (κ1) is 17.7. The summed E-state index contributed by atoms with van der Waals surface area (Å²) in [6, 6.07) is 3.88. The summed E-state index contributed by atoms with van der Waals surface area (Å²) in [5.41, 5.74) is 0.721. The van der Waals surface area contributed by atoms with Crippen LogP contribution in [0, 0.1) is 0 Å². The van der Waals surface area contributed by atoms with Gasteiger partial charge in [0, 0.05) is 13.1 Å². The molecule has 0 unspecified atom stereocenters. The number of hydrogen-bond acceptors (Lipinski definition) is 5. The normalized spacial score (nSPS) is 19.4. The first-order valence-corrected chi connectivity index (χ1v) is 9.88. The molecule has 0 aromatic carbocycles. The van der Waals surface area contributed by atoms with E-state index in [0.717, 1.165) is 24.3 Å². The molecule has 6 nitrogen and oxygen atoms in total. The van der Waals surface area contributed by atoms with Crippen molar-refractivity contribution in [2.75, 3.05) is 31.2 Å². The smallest absolute Gasteiger partial charge is 0.215 e.